The van der Waals surface area contributed by atoms with Gasteiger partial charge in [-0.25, -0.2) is 15.0 Å². The topological polar surface area (TPSA) is 115 Å². The largest absolute Gasteiger partial charge is 0.486 e. The second-order valence-corrected chi connectivity index (χ2v) is 9.44. The van der Waals surface area contributed by atoms with Crippen molar-refractivity contribution in [1.82, 2.24) is 20.3 Å². The molecule has 0 fully saturated rings. The third-order valence-electron chi connectivity index (χ3n) is 6.18. The molecule has 9 heteroatoms. The molecule has 2 amide bonds. The van der Waals surface area contributed by atoms with Gasteiger partial charge in [-0.3, -0.25) is 9.59 Å². The number of aryl methyl sites for hydroxylation is 1. The van der Waals surface area contributed by atoms with Gasteiger partial charge in [-0.2, -0.15) is 0 Å². The van der Waals surface area contributed by atoms with Gasteiger partial charge in [-0.05, 0) is 59.5 Å². The molecule has 42 heavy (non-hydrogen) atoms. The van der Waals surface area contributed by atoms with E-state index in [1.807, 2.05) is 67.6 Å². The number of amides is 2. The number of nitrogens with one attached hydrogen (secondary N) is 2. The predicted molar refractivity (Wildman–Crippen MR) is 158 cm³/mol. The van der Waals surface area contributed by atoms with E-state index >= 15 is 0 Å². The van der Waals surface area contributed by atoms with Crippen molar-refractivity contribution in [2.45, 2.75) is 26.7 Å². The molecule has 2 N–H and O–H groups in total. The number of anilines is 1. The van der Waals surface area contributed by atoms with Gasteiger partial charge in [0.05, 0.1) is 0 Å². The molecule has 0 atom stereocenters. The quantitative estimate of drug-likeness (QED) is 0.219. The van der Waals surface area contributed by atoms with E-state index in [1.54, 1.807) is 48.9 Å². The third-order valence-corrected chi connectivity index (χ3v) is 6.18. The minimum Gasteiger partial charge on any atom is -0.486 e. The van der Waals surface area contributed by atoms with Crippen LogP contribution in [0.3, 0.4) is 0 Å². The Kier molecular flexibility index (Phi) is 9.11. The molecule has 0 spiro atoms. The molecule has 5 aromatic rings. The van der Waals surface area contributed by atoms with Crippen molar-refractivity contribution < 1.29 is 19.1 Å². The zero-order valence-electron chi connectivity index (χ0n) is 23.0. The van der Waals surface area contributed by atoms with Crippen LogP contribution in [0.25, 0.3) is 0 Å². The highest BCUT2D eigenvalue weighted by molar-refractivity contribution is 6.04. The number of pyridine rings is 3. The lowest BCUT2D eigenvalue weighted by molar-refractivity contribution is 0.0939. The van der Waals surface area contributed by atoms with Gasteiger partial charge in [-0.15, -0.1) is 0 Å². The minimum absolute atomic E-state index is 0.148. The third kappa shape index (κ3) is 7.54. The Morgan fingerprint density at radius 2 is 1.33 bits per heavy atom. The van der Waals surface area contributed by atoms with Crippen LogP contribution < -0.4 is 20.1 Å². The summed E-state index contributed by atoms with van der Waals surface area (Å²) >= 11 is 0. The van der Waals surface area contributed by atoms with Crippen LogP contribution in [-0.4, -0.2) is 26.8 Å². The Balaban J connectivity index is 1.21. The fourth-order valence-electron chi connectivity index (χ4n) is 4.07. The number of hydrogen-bond acceptors (Lipinski definition) is 7. The molecule has 0 unspecified atom stereocenters. The van der Waals surface area contributed by atoms with Gasteiger partial charge in [0.15, 0.2) is 22.9 Å². The van der Waals surface area contributed by atoms with Crippen molar-refractivity contribution in [2.24, 2.45) is 0 Å². The van der Waals surface area contributed by atoms with Crippen LogP contribution in [0.4, 0.5) is 5.82 Å². The summed E-state index contributed by atoms with van der Waals surface area (Å²) in [4.78, 5) is 38.9. The molecule has 0 aliphatic rings. The van der Waals surface area contributed by atoms with Gasteiger partial charge in [0.25, 0.3) is 11.8 Å². The number of nitrogens with zero attached hydrogens (tertiary/aromatic N) is 3. The lowest BCUT2D eigenvalue weighted by Crippen LogP contribution is -2.24. The van der Waals surface area contributed by atoms with Gasteiger partial charge in [0.1, 0.15) is 19.0 Å². The van der Waals surface area contributed by atoms with E-state index in [4.69, 9.17) is 9.47 Å². The molecule has 0 aliphatic carbocycles. The minimum atomic E-state index is -0.458. The summed E-state index contributed by atoms with van der Waals surface area (Å²) in [5.74, 6) is 0.233. The van der Waals surface area contributed by atoms with Crippen LogP contribution in [-0.2, 0) is 19.8 Å². The maximum Gasteiger partial charge on any atom is 0.279 e. The number of ether oxygens (including phenoxy) is 2. The number of aromatic nitrogens is 3. The van der Waals surface area contributed by atoms with E-state index in [0.29, 0.717) is 30.5 Å². The van der Waals surface area contributed by atoms with Crippen molar-refractivity contribution in [3.05, 3.63) is 143 Å². The van der Waals surface area contributed by atoms with Crippen molar-refractivity contribution in [2.75, 3.05) is 5.32 Å². The highest BCUT2D eigenvalue weighted by atomic mass is 16.5. The number of carbonyl (C=O) groups is 2. The van der Waals surface area contributed by atoms with Crippen molar-refractivity contribution in [3.8, 4) is 11.5 Å². The van der Waals surface area contributed by atoms with Crippen LogP contribution in [0, 0.1) is 6.92 Å². The first kappa shape index (κ1) is 28.0. The molecule has 0 saturated carbocycles. The molecule has 0 radical (unpaired) electrons. The fraction of sp³-hybridized carbons (Fsp3) is 0.121. The summed E-state index contributed by atoms with van der Waals surface area (Å²) in [6, 6.07) is 28.0. The van der Waals surface area contributed by atoms with Gasteiger partial charge in [0, 0.05) is 25.1 Å². The summed E-state index contributed by atoms with van der Waals surface area (Å²) in [6.45, 7) is 2.68. The Labute approximate surface area is 243 Å². The lowest BCUT2D eigenvalue weighted by atomic mass is 10.2. The maximum atomic E-state index is 13.1. The SMILES string of the molecule is Cc1cnc(C(=O)Nc2cc(CNC(=O)c3ncccc3OCc3ccccc3)ccn2)c(OCc2ccccc2)c1. The molecule has 5 rings (SSSR count). The Bertz CT molecular complexity index is 1660. The van der Waals surface area contributed by atoms with E-state index in [9.17, 15) is 9.59 Å². The second-order valence-electron chi connectivity index (χ2n) is 9.44. The second kappa shape index (κ2) is 13.7. The smallest absolute Gasteiger partial charge is 0.279 e. The summed E-state index contributed by atoms with van der Waals surface area (Å²) in [7, 11) is 0. The molecule has 0 bridgehead atoms. The highest BCUT2D eigenvalue weighted by Gasteiger charge is 2.17. The van der Waals surface area contributed by atoms with Crippen LogP contribution in [0.15, 0.2) is 110 Å². The molecule has 2 aromatic carbocycles. The van der Waals surface area contributed by atoms with Gasteiger partial charge < -0.3 is 20.1 Å². The first-order valence-corrected chi connectivity index (χ1v) is 13.3. The number of benzene rings is 2. The summed E-state index contributed by atoms with van der Waals surface area (Å²) in [5, 5.41) is 5.64. The molecule has 0 saturated heterocycles. The van der Waals surface area contributed by atoms with E-state index in [2.05, 4.69) is 25.6 Å². The number of carbonyl (C=O) groups excluding carboxylic acids is 2. The summed E-state index contributed by atoms with van der Waals surface area (Å²) in [6.07, 6.45) is 4.71. The van der Waals surface area contributed by atoms with E-state index < -0.39 is 5.91 Å². The van der Waals surface area contributed by atoms with Crippen molar-refractivity contribution >= 4 is 17.6 Å². The van der Waals surface area contributed by atoms with Crippen LogP contribution in [0.5, 0.6) is 11.5 Å². The van der Waals surface area contributed by atoms with Gasteiger partial charge in [0.2, 0.25) is 0 Å². The van der Waals surface area contributed by atoms with Gasteiger partial charge in [-0.1, -0.05) is 60.7 Å². The first-order valence-electron chi connectivity index (χ1n) is 13.3. The molecule has 0 aliphatic heterocycles. The fourth-order valence-corrected chi connectivity index (χ4v) is 4.07. The van der Waals surface area contributed by atoms with Crippen molar-refractivity contribution in [1.29, 1.82) is 0 Å². The average Bonchev–Trinajstić information content (AvgIpc) is 3.03. The number of hydrogen-bond donors (Lipinski definition) is 2. The van der Waals surface area contributed by atoms with E-state index in [0.717, 1.165) is 22.3 Å². The normalized spacial score (nSPS) is 10.5. The summed E-state index contributed by atoms with van der Waals surface area (Å²) < 4.78 is 11.8. The van der Waals surface area contributed by atoms with E-state index in [-0.39, 0.29) is 23.8 Å². The molecule has 9 nitrogen and oxygen atoms in total. The monoisotopic (exact) mass is 559 g/mol. The Morgan fingerprint density at radius 3 is 2.05 bits per heavy atom. The molecular formula is C33H29N5O4. The number of rotatable bonds is 11. The zero-order chi connectivity index (χ0) is 29.1. The molecule has 3 heterocycles. The molecular weight excluding hydrogens is 530 g/mol. The highest BCUT2D eigenvalue weighted by Crippen LogP contribution is 2.21. The first-order chi connectivity index (χ1) is 20.5. The standard InChI is InChI=1S/C33H29N5O4/c1-23-17-28(42-22-25-11-6-3-7-12-25)31(36-19-23)33(40)38-29-18-26(14-16-34-29)20-37-32(39)30-27(13-8-15-35-30)41-21-24-9-4-2-5-10-24/h2-19H,20-22H2,1H3,(H,37,39)(H,34,38,40). The molecule has 210 valence electrons. The Hall–Kier alpha value is -5.57. The van der Waals surface area contributed by atoms with Crippen LogP contribution in [0.1, 0.15) is 43.2 Å². The van der Waals surface area contributed by atoms with Gasteiger partial charge >= 0.3 is 0 Å². The molecule has 3 aromatic heterocycles. The van der Waals surface area contributed by atoms with Crippen LogP contribution >= 0.6 is 0 Å². The van der Waals surface area contributed by atoms with E-state index in [1.165, 1.54) is 0 Å². The zero-order valence-corrected chi connectivity index (χ0v) is 23.0. The Morgan fingerprint density at radius 1 is 0.667 bits per heavy atom. The van der Waals surface area contributed by atoms with Crippen LogP contribution in [0.2, 0.25) is 0 Å². The lowest BCUT2D eigenvalue weighted by Gasteiger charge is -2.13. The predicted octanol–water partition coefficient (Wildman–Crippen LogP) is 5.52. The maximum absolute atomic E-state index is 13.1. The summed E-state index contributed by atoms with van der Waals surface area (Å²) in [5.41, 5.74) is 3.89. The van der Waals surface area contributed by atoms with Crippen molar-refractivity contribution in [3.63, 3.8) is 0 Å². The average molecular weight is 560 g/mol.